The van der Waals surface area contributed by atoms with Crippen LogP contribution in [0.3, 0.4) is 0 Å². The summed E-state index contributed by atoms with van der Waals surface area (Å²) in [5.41, 5.74) is 0. The molecular weight excluding hydrogens is 196 g/mol. The summed E-state index contributed by atoms with van der Waals surface area (Å²) in [6, 6.07) is 5.97. The topological polar surface area (TPSA) is 34.1 Å². The van der Waals surface area contributed by atoms with E-state index in [9.17, 15) is 0 Å². The molecule has 0 bridgehead atoms. The van der Waals surface area contributed by atoms with E-state index in [-0.39, 0.29) is 0 Å². The first-order valence-corrected chi connectivity index (χ1v) is 5.80. The number of hydrogen-bond donors (Lipinski definition) is 1. The molecule has 1 N–H and O–H groups in total. The van der Waals surface area contributed by atoms with Crippen LogP contribution in [0.4, 0.5) is 0 Å². The molecule has 0 saturated carbocycles. The van der Waals surface area contributed by atoms with Gasteiger partial charge in [-0.2, -0.15) is 0 Å². The van der Waals surface area contributed by atoms with Gasteiger partial charge < -0.3 is 10.1 Å². The number of aromatic nitrogens is 1. The molecule has 4 heteroatoms. The van der Waals surface area contributed by atoms with Crippen molar-refractivity contribution in [1.82, 2.24) is 10.3 Å². The first kappa shape index (κ1) is 9.96. The highest BCUT2D eigenvalue weighted by molar-refractivity contribution is 7.99. The molecule has 3 nitrogen and oxygen atoms in total. The van der Waals surface area contributed by atoms with Crippen molar-refractivity contribution < 1.29 is 4.74 Å². The first-order valence-electron chi connectivity index (χ1n) is 4.81. The number of pyridine rings is 1. The minimum atomic E-state index is 0.329. The van der Waals surface area contributed by atoms with E-state index in [4.69, 9.17) is 4.74 Å². The van der Waals surface area contributed by atoms with Gasteiger partial charge in [-0.05, 0) is 12.1 Å². The third-order valence-corrected chi connectivity index (χ3v) is 3.13. The summed E-state index contributed by atoms with van der Waals surface area (Å²) in [5.74, 6) is 0.976. The molecule has 0 spiro atoms. The minimum absolute atomic E-state index is 0.329. The Hall–Kier alpha value is -0.580. The summed E-state index contributed by atoms with van der Waals surface area (Å²) in [7, 11) is 0. The molecule has 2 rings (SSSR count). The van der Waals surface area contributed by atoms with Gasteiger partial charge in [-0.3, -0.25) is 0 Å². The van der Waals surface area contributed by atoms with Gasteiger partial charge in [-0.25, -0.2) is 4.98 Å². The lowest BCUT2D eigenvalue weighted by Crippen LogP contribution is -2.39. The quantitative estimate of drug-likeness (QED) is 0.759. The lowest BCUT2D eigenvalue weighted by atomic mass is 10.3. The zero-order valence-electron chi connectivity index (χ0n) is 7.98. The maximum Gasteiger partial charge on any atom is 0.0960 e. The standard InChI is InChI=1S/C10H14N2OS/c1-2-4-12-10(3-1)14-8-9-7-11-5-6-13-9/h1-4,9,11H,5-8H2. The van der Waals surface area contributed by atoms with Crippen molar-refractivity contribution in [2.24, 2.45) is 0 Å². The Morgan fingerprint density at radius 1 is 1.57 bits per heavy atom. The molecule has 0 aliphatic carbocycles. The molecule has 76 valence electrons. The number of rotatable bonds is 3. The zero-order chi connectivity index (χ0) is 9.64. The highest BCUT2D eigenvalue weighted by atomic mass is 32.2. The predicted octanol–water partition coefficient (Wildman–Crippen LogP) is 1.16. The third kappa shape index (κ3) is 2.97. The monoisotopic (exact) mass is 210 g/mol. The van der Waals surface area contributed by atoms with Crippen molar-refractivity contribution in [3.8, 4) is 0 Å². The number of nitrogens with one attached hydrogen (secondary N) is 1. The molecule has 0 aromatic carbocycles. The van der Waals surface area contributed by atoms with E-state index < -0.39 is 0 Å². The van der Waals surface area contributed by atoms with Gasteiger partial charge in [0.25, 0.3) is 0 Å². The maximum absolute atomic E-state index is 5.59. The average Bonchev–Trinajstić information content (AvgIpc) is 2.29. The molecule has 1 aromatic heterocycles. The molecule has 0 radical (unpaired) electrons. The fourth-order valence-corrected chi connectivity index (χ4v) is 2.22. The van der Waals surface area contributed by atoms with Crippen molar-refractivity contribution in [1.29, 1.82) is 0 Å². The van der Waals surface area contributed by atoms with Gasteiger partial charge in [0.05, 0.1) is 17.7 Å². The fraction of sp³-hybridized carbons (Fsp3) is 0.500. The van der Waals surface area contributed by atoms with Crippen molar-refractivity contribution in [3.05, 3.63) is 24.4 Å². The van der Waals surface area contributed by atoms with E-state index in [0.717, 1.165) is 30.5 Å². The molecule has 1 atom stereocenters. The maximum atomic E-state index is 5.59. The lowest BCUT2D eigenvalue weighted by molar-refractivity contribution is 0.0440. The summed E-state index contributed by atoms with van der Waals surface area (Å²) >= 11 is 1.75. The van der Waals surface area contributed by atoms with Gasteiger partial charge in [-0.15, -0.1) is 11.8 Å². The smallest absolute Gasteiger partial charge is 0.0960 e. The second kappa shape index (κ2) is 5.34. The van der Waals surface area contributed by atoms with Crippen molar-refractivity contribution in [3.63, 3.8) is 0 Å². The van der Waals surface area contributed by atoms with Crippen LogP contribution in [0.1, 0.15) is 0 Å². The Bertz CT molecular complexity index is 262. The molecule has 2 heterocycles. The zero-order valence-corrected chi connectivity index (χ0v) is 8.80. The lowest BCUT2D eigenvalue weighted by Gasteiger charge is -2.22. The summed E-state index contributed by atoms with van der Waals surface area (Å²) in [5, 5.41) is 4.38. The van der Waals surface area contributed by atoms with E-state index in [1.54, 1.807) is 11.8 Å². The average molecular weight is 210 g/mol. The summed E-state index contributed by atoms with van der Waals surface area (Å²) in [6.45, 7) is 2.76. The molecule has 1 unspecified atom stereocenters. The Labute approximate surface area is 88.3 Å². The largest absolute Gasteiger partial charge is 0.375 e. The number of thioether (sulfide) groups is 1. The Kier molecular flexibility index (Phi) is 3.80. The summed E-state index contributed by atoms with van der Waals surface area (Å²) < 4.78 is 5.59. The predicted molar refractivity (Wildman–Crippen MR) is 57.6 cm³/mol. The van der Waals surface area contributed by atoms with E-state index in [2.05, 4.69) is 10.3 Å². The second-order valence-corrected chi connectivity index (χ2v) is 4.22. The first-order chi connectivity index (χ1) is 6.95. The van der Waals surface area contributed by atoms with Crippen LogP contribution < -0.4 is 5.32 Å². The Morgan fingerprint density at radius 2 is 2.57 bits per heavy atom. The molecule has 1 aliphatic heterocycles. The molecule has 0 amide bonds. The van der Waals surface area contributed by atoms with Gasteiger partial charge in [0.15, 0.2) is 0 Å². The van der Waals surface area contributed by atoms with E-state index in [0.29, 0.717) is 6.10 Å². The van der Waals surface area contributed by atoms with Crippen LogP contribution in [0.5, 0.6) is 0 Å². The molecule has 1 aromatic rings. The molecule has 14 heavy (non-hydrogen) atoms. The highest BCUT2D eigenvalue weighted by Crippen LogP contribution is 2.16. The van der Waals surface area contributed by atoms with Gasteiger partial charge in [0.1, 0.15) is 0 Å². The van der Waals surface area contributed by atoms with E-state index in [1.165, 1.54) is 0 Å². The molecule has 1 aliphatic rings. The Morgan fingerprint density at radius 3 is 3.29 bits per heavy atom. The van der Waals surface area contributed by atoms with Crippen LogP contribution in [0, 0.1) is 0 Å². The van der Waals surface area contributed by atoms with Crippen molar-refractivity contribution in [2.45, 2.75) is 11.1 Å². The third-order valence-electron chi connectivity index (χ3n) is 2.06. The molecule has 1 fully saturated rings. The number of nitrogens with zero attached hydrogens (tertiary/aromatic N) is 1. The SMILES string of the molecule is c1ccc(SCC2CNCCO2)nc1. The normalized spacial score (nSPS) is 22.1. The van der Waals surface area contributed by atoms with Crippen LogP contribution >= 0.6 is 11.8 Å². The summed E-state index contributed by atoms with van der Waals surface area (Å²) in [6.07, 6.45) is 2.15. The highest BCUT2D eigenvalue weighted by Gasteiger charge is 2.13. The molecular formula is C10H14N2OS. The van der Waals surface area contributed by atoms with Crippen LogP contribution in [-0.2, 0) is 4.74 Å². The van der Waals surface area contributed by atoms with E-state index in [1.807, 2.05) is 24.4 Å². The van der Waals surface area contributed by atoms with Crippen molar-refractivity contribution >= 4 is 11.8 Å². The van der Waals surface area contributed by atoms with Crippen molar-refractivity contribution in [2.75, 3.05) is 25.4 Å². The summed E-state index contributed by atoms with van der Waals surface area (Å²) in [4.78, 5) is 4.25. The van der Waals surface area contributed by atoms with Gasteiger partial charge in [0.2, 0.25) is 0 Å². The van der Waals surface area contributed by atoms with Crippen LogP contribution in [0.15, 0.2) is 29.4 Å². The molecule has 1 saturated heterocycles. The number of hydrogen-bond acceptors (Lipinski definition) is 4. The van der Waals surface area contributed by atoms with E-state index >= 15 is 0 Å². The van der Waals surface area contributed by atoms with Gasteiger partial charge in [0, 0.05) is 25.0 Å². The second-order valence-electron chi connectivity index (χ2n) is 3.18. The van der Waals surface area contributed by atoms with Crippen LogP contribution in [0.2, 0.25) is 0 Å². The van der Waals surface area contributed by atoms with Gasteiger partial charge >= 0.3 is 0 Å². The number of morpholine rings is 1. The van der Waals surface area contributed by atoms with Crippen LogP contribution in [-0.4, -0.2) is 36.5 Å². The fourth-order valence-electron chi connectivity index (χ4n) is 1.34. The number of ether oxygens (including phenoxy) is 1. The van der Waals surface area contributed by atoms with Gasteiger partial charge in [-0.1, -0.05) is 6.07 Å². The Balaban J connectivity index is 1.76. The minimum Gasteiger partial charge on any atom is -0.375 e. The van der Waals surface area contributed by atoms with Crippen LogP contribution in [0.25, 0.3) is 0 Å².